The highest BCUT2D eigenvalue weighted by Crippen LogP contribution is 2.30. The van der Waals surface area contributed by atoms with Crippen LogP contribution in [0.25, 0.3) is 28.3 Å². The number of hydrogen-bond acceptors (Lipinski definition) is 4. The van der Waals surface area contributed by atoms with E-state index in [1.54, 1.807) is 13.3 Å². The first-order valence-corrected chi connectivity index (χ1v) is 7.27. The quantitative estimate of drug-likeness (QED) is 0.631. The zero-order chi connectivity index (χ0) is 15.8. The minimum Gasteiger partial charge on any atom is -0.497 e. The van der Waals surface area contributed by atoms with Gasteiger partial charge in [0.15, 0.2) is 11.5 Å². The summed E-state index contributed by atoms with van der Waals surface area (Å²) in [6.45, 7) is 2.03. The van der Waals surface area contributed by atoms with Gasteiger partial charge in [-0.25, -0.2) is 0 Å². The third kappa shape index (κ3) is 2.15. The van der Waals surface area contributed by atoms with Crippen LogP contribution in [0.15, 0.2) is 48.7 Å². The summed E-state index contributed by atoms with van der Waals surface area (Å²) in [6, 6.07) is 13.8. The second-order valence-corrected chi connectivity index (χ2v) is 5.27. The standard InChI is InChI=1S/C17H15N5O/c1-11-4-3-5-15-19-21-17(22(11)15)14-10-18-20-16(14)12-6-8-13(23-2)9-7-12/h3-10H,1-2H3,(H,18,20). The third-order valence-corrected chi connectivity index (χ3v) is 3.88. The molecular weight excluding hydrogens is 290 g/mol. The van der Waals surface area contributed by atoms with Crippen molar-refractivity contribution in [3.8, 4) is 28.4 Å². The molecule has 4 rings (SSSR count). The number of aryl methyl sites for hydroxylation is 1. The number of fused-ring (bicyclic) bond motifs is 1. The lowest BCUT2D eigenvalue weighted by Crippen LogP contribution is -1.94. The van der Waals surface area contributed by atoms with Crippen molar-refractivity contribution in [3.63, 3.8) is 0 Å². The molecule has 1 aromatic carbocycles. The lowest BCUT2D eigenvalue weighted by atomic mass is 10.1. The number of aromatic nitrogens is 5. The highest BCUT2D eigenvalue weighted by Gasteiger charge is 2.16. The molecule has 0 atom stereocenters. The predicted molar refractivity (Wildman–Crippen MR) is 87.3 cm³/mol. The number of H-pyrrole nitrogens is 1. The topological polar surface area (TPSA) is 68.1 Å². The molecule has 3 heterocycles. The molecule has 6 heteroatoms. The normalized spacial score (nSPS) is 11.0. The number of rotatable bonds is 3. The zero-order valence-corrected chi connectivity index (χ0v) is 12.8. The van der Waals surface area contributed by atoms with Crippen LogP contribution in [-0.4, -0.2) is 31.9 Å². The maximum Gasteiger partial charge on any atom is 0.172 e. The Morgan fingerprint density at radius 3 is 2.65 bits per heavy atom. The SMILES string of the molecule is COc1ccc(-c2[nH]ncc2-c2nnc3cccc(C)n23)cc1. The van der Waals surface area contributed by atoms with Crippen LogP contribution in [0.5, 0.6) is 5.75 Å². The second-order valence-electron chi connectivity index (χ2n) is 5.27. The van der Waals surface area contributed by atoms with Gasteiger partial charge in [-0.3, -0.25) is 9.50 Å². The molecule has 0 saturated heterocycles. The van der Waals surface area contributed by atoms with Gasteiger partial charge in [0.1, 0.15) is 5.75 Å². The molecule has 0 aliphatic rings. The second kappa shape index (κ2) is 5.24. The molecule has 0 unspecified atom stereocenters. The maximum atomic E-state index is 5.21. The van der Waals surface area contributed by atoms with Crippen molar-refractivity contribution < 1.29 is 4.74 Å². The first kappa shape index (κ1) is 13.5. The van der Waals surface area contributed by atoms with Gasteiger partial charge >= 0.3 is 0 Å². The van der Waals surface area contributed by atoms with Crippen LogP contribution in [0, 0.1) is 6.92 Å². The van der Waals surface area contributed by atoms with Crippen molar-refractivity contribution in [2.24, 2.45) is 0 Å². The number of aromatic amines is 1. The van der Waals surface area contributed by atoms with Crippen LogP contribution >= 0.6 is 0 Å². The summed E-state index contributed by atoms with van der Waals surface area (Å²) < 4.78 is 7.24. The van der Waals surface area contributed by atoms with E-state index in [1.165, 1.54) is 0 Å². The van der Waals surface area contributed by atoms with Crippen LogP contribution in [0.1, 0.15) is 5.69 Å². The summed E-state index contributed by atoms with van der Waals surface area (Å²) in [5.74, 6) is 1.59. The molecule has 0 bridgehead atoms. The highest BCUT2D eigenvalue weighted by atomic mass is 16.5. The third-order valence-electron chi connectivity index (χ3n) is 3.88. The summed E-state index contributed by atoms with van der Waals surface area (Å²) in [5, 5.41) is 15.9. The smallest absolute Gasteiger partial charge is 0.172 e. The number of hydrogen-bond donors (Lipinski definition) is 1. The van der Waals surface area contributed by atoms with Crippen molar-refractivity contribution in [2.75, 3.05) is 7.11 Å². The van der Waals surface area contributed by atoms with E-state index in [9.17, 15) is 0 Å². The number of methoxy groups -OCH3 is 1. The summed E-state index contributed by atoms with van der Waals surface area (Å²) in [7, 11) is 1.65. The Morgan fingerprint density at radius 1 is 1.04 bits per heavy atom. The van der Waals surface area contributed by atoms with E-state index in [1.807, 2.05) is 53.8 Å². The fourth-order valence-electron chi connectivity index (χ4n) is 2.71. The molecule has 0 radical (unpaired) electrons. The molecule has 114 valence electrons. The van der Waals surface area contributed by atoms with Gasteiger partial charge in [0.25, 0.3) is 0 Å². The maximum absolute atomic E-state index is 5.21. The molecule has 0 spiro atoms. The van der Waals surface area contributed by atoms with Crippen molar-refractivity contribution in [3.05, 3.63) is 54.4 Å². The summed E-state index contributed by atoms with van der Waals surface area (Å²) in [4.78, 5) is 0. The van der Waals surface area contributed by atoms with E-state index >= 15 is 0 Å². The van der Waals surface area contributed by atoms with Gasteiger partial charge in [0, 0.05) is 11.3 Å². The minimum atomic E-state index is 0.776. The van der Waals surface area contributed by atoms with Gasteiger partial charge in [0.05, 0.1) is 24.6 Å². The van der Waals surface area contributed by atoms with Crippen LogP contribution in [0.2, 0.25) is 0 Å². The average Bonchev–Trinajstić information content (AvgIpc) is 3.22. The Bertz CT molecular complexity index is 968. The largest absolute Gasteiger partial charge is 0.497 e. The number of pyridine rings is 1. The Labute approximate surface area is 132 Å². The monoisotopic (exact) mass is 305 g/mol. The van der Waals surface area contributed by atoms with Crippen molar-refractivity contribution in [1.82, 2.24) is 24.8 Å². The van der Waals surface area contributed by atoms with Gasteiger partial charge in [-0.15, -0.1) is 10.2 Å². The Kier molecular flexibility index (Phi) is 3.08. The Hall–Kier alpha value is -3.15. The molecule has 0 aliphatic heterocycles. The lowest BCUT2D eigenvalue weighted by molar-refractivity contribution is 0.415. The van der Waals surface area contributed by atoms with Crippen LogP contribution in [0.3, 0.4) is 0 Å². The van der Waals surface area contributed by atoms with Crippen LogP contribution in [-0.2, 0) is 0 Å². The Morgan fingerprint density at radius 2 is 1.87 bits per heavy atom. The molecular formula is C17H15N5O. The molecule has 0 saturated carbocycles. The molecule has 0 amide bonds. The fourth-order valence-corrected chi connectivity index (χ4v) is 2.71. The lowest BCUT2D eigenvalue weighted by Gasteiger charge is -2.05. The molecule has 4 aromatic rings. The van der Waals surface area contributed by atoms with Gasteiger partial charge < -0.3 is 4.74 Å². The van der Waals surface area contributed by atoms with Crippen molar-refractivity contribution in [2.45, 2.75) is 6.92 Å². The van der Waals surface area contributed by atoms with Gasteiger partial charge in [-0.2, -0.15) is 5.10 Å². The molecule has 6 nitrogen and oxygen atoms in total. The van der Waals surface area contributed by atoms with E-state index < -0.39 is 0 Å². The predicted octanol–water partition coefficient (Wildman–Crippen LogP) is 3.10. The molecule has 3 aromatic heterocycles. The van der Waals surface area contributed by atoms with E-state index in [-0.39, 0.29) is 0 Å². The number of nitrogens with zero attached hydrogens (tertiary/aromatic N) is 4. The zero-order valence-electron chi connectivity index (χ0n) is 12.8. The number of benzene rings is 1. The fraction of sp³-hybridized carbons (Fsp3) is 0.118. The van der Waals surface area contributed by atoms with Crippen molar-refractivity contribution in [1.29, 1.82) is 0 Å². The summed E-state index contributed by atoms with van der Waals surface area (Å²) in [6.07, 6.45) is 1.78. The van der Waals surface area contributed by atoms with Gasteiger partial charge in [-0.1, -0.05) is 6.07 Å². The van der Waals surface area contributed by atoms with E-state index in [4.69, 9.17) is 4.74 Å². The van der Waals surface area contributed by atoms with Crippen molar-refractivity contribution >= 4 is 5.65 Å². The average molecular weight is 305 g/mol. The van der Waals surface area contributed by atoms with Gasteiger partial charge in [0.2, 0.25) is 0 Å². The van der Waals surface area contributed by atoms with E-state index in [2.05, 4.69) is 20.4 Å². The highest BCUT2D eigenvalue weighted by molar-refractivity contribution is 5.78. The summed E-state index contributed by atoms with van der Waals surface area (Å²) >= 11 is 0. The van der Waals surface area contributed by atoms with Gasteiger partial charge in [-0.05, 0) is 43.3 Å². The molecule has 23 heavy (non-hydrogen) atoms. The molecule has 1 N–H and O–H groups in total. The van der Waals surface area contributed by atoms with E-state index in [0.29, 0.717) is 0 Å². The summed E-state index contributed by atoms with van der Waals surface area (Å²) in [5.41, 5.74) is 4.73. The first-order chi connectivity index (χ1) is 11.3. The Balaban J connectivity index is 1.88. The molecule has 0 fully saturated rings. The molecule has 0 aliphatic carbocycles. The van der Waals surface area contributed by atoms with Crippen LogP contribution in [0.4, 0.5) is 0 Å². The number of nitrogens with one attached hydrogen (secondary N) is 1. The minimum absolute atomic E-state index is 0.776. The first-order valence-electron chi connectivity index (χ1n) is 7.27. The van der Waals surface area contributed by atoms with Crippen LogP contribution < -0.4 is 4.74 Å². The number of ether oxygens (including phenoxy) is 1. The van der Waals surface area contributed by atoms with E-state index in [0.717, 1.165) is 39.7 Å².